The number of hydrogen-bond acceptors (Lipinski definition) is 2. The lowest BCUT2D eigenvalue weighted by Gasteiger charge is -2.34. The van der Waals surface area contributed by atoms with Gasteiger partial charge in [-0.25, -0.2) is 0 Å². The molecule has 2 aliphatic carbocycles. The normalized spacial score (nSPS) is 36.1. The number of carboxylic acid groups (broad SMARTS) is 1. The van der Waals surface area contributed by atoms with Gasteiger partial charge in [-0.2, -0.15) is 0 Å². The first kappa shape index (κ1) is 9.85. The maximum Gasteiger partial charge on any atom is 0.307 e. The third-order valence-electron chi connectivity index (χ3n) is 3.92. The van der Waals surface area contributed by atoms with Crippen LogP contribution in [0, 0.1) is 17.8 Å². The summed E-state index contributed by atoms with van der Waals surface area (Å²) in [6.07, 6.45) is 9.24. The van der Waals surface area contributed by atoms with Gasteiger partial charge < -0.3 is 10.4 Å². The first-order valence-electron chi connectivity index (χ1n) is 5.78. The zero-order valence-electron chi connectivity index (χ0n) is 9.02. The molecule has 1 heterocycles. The maximum absolute atomic E-state index is 11.4. The molecule has 3 aliphatic rings. The number of fused-ring (bicyclic) bond motifs is 2. The number of carbonyl (C=O) groups is 1. The molecule has 3 heteroatoms. The number of carboxylic acids is 1. The Hall–Kier alpha value is -1.35. The predicted octanol–water partition coefficient (Wildman–Crippen LogP) is 1.35. The highest BCUT2D eigenvalue weighted by Gasteiger charge is 2.43. The molecule has 1 aliphatic heterocycles. The van der Waals surface area contributed by atoms with Crippen molar-refractivity contribution in [2.24, 2.45) is 17.8 Å². The summed E-state index contributed by atoms with van der Waals surface area (Å²) in [5.74, 6) is -0.515. The summed E-state index contributed by atoms with van der Waals surface area (Å²) in [7, 11) is 0. The number of hydrogen-bond donors (Lipinski definition) is 2. The Labute approximate surface area is 94.5 Å². The summed E-state index contributed by atoms with van der Waals surface area (Å²) < 4.78 is 0. The van der Waals surface area contributed by atoms with Crippen LogP contribution in [0.4, 0.5) is 0 Å². The minimum atomic E-state index is -0.648. The Morgan fingerprint density at radius 3 is 3.12 bits per heavy atom. The van der Waals surface area contributed by atoms with Gasteiger partial charge in [-0.15, -0.1) is 0 Å². The van der Waals surface area contributed by atoms with E-state index >= 15 is 0 Å². The molecule has 1 fully saturated rings. The molecule has 0 radical (unpaired) electrons. The Morgan fingerprint density at radius 1 is 1.44 bits per heavy atom. The highest BCUT2D eigenvalue weighted by molar-refractivity contribution is 5.73. The molecule has 0 bridgehead atoms. The van der Waals surface area contributed by atoms with E-state index in [9.17, 15) is 9.90 Å². The van der Waals surface area contributed by atoms with Gasteiger partial charge in [0.15, 0.2) is 0 Å². The van der Waals surface area contributed by atoms with Crippen LogP contribution in [0.15, 0.2) is 35.5 Å². The number of allylic oxidation sites excluding steroid dienone is 5. The Morgan fingerprint density at radius 2 is 2.31 bits per heavy atom. The average molecular weight is 217 g/mol. The van der Waals surface area contributed by atoms with Crippen molar-refractivity contribution >= 4 is 5.97 Å². The SMILES string of the molecule is O=C(O)C1C2CC=CC=C2C=C2CNCC21. The van der Waals surface area contributed by atoms with E-state index in [4.69, 9.17) is 0 Å². The Bertz CT molecular complexity index is 420. The van der Waals surface area contributed by atoms with E-state index in [1.807, 2.05) is 6.08 Å². The molecule has 2 N–H and O–H groups in total. The largest absolute Gasteiger partial charge is 0.481 e. The van der Waals surface area contributed by atoms with Crippen molar-refractivity contribution in [1.29, 1.82) is 0 Å². The first-order chi connectivity index (χ1) is 7.77. The zero-order valence-corrected chi connectivity index (χ0v) is 9.02. The number of aliphatic carboxylic acids is 1. The molecular weight excluding hydrogens is 202 g/mol. The second-order valence-electron chi connectivity index (χ2n) is 4.76. The van der Waals surface area contributed by atoms with Gasteiger partial charge in [0.2, 0.25) is 0 Å². The first-order valence-corrected chi connectivity index (χ1v) is 5.78. The molecule has 0 aromatic heterocycles. The monoisotopic (exact) mass is 217 g/mol. The van der Waals surface area contributed by atoms with Crippen LogP contribution >= 0.6 is 0 Å². The third kappa shape index (κ3) is 1.35. The number of nitrogens with one attached hydrogen (secondary N) is 1. The van der Waals surface area contributed by atoms with Crippen LogP contribution in [0.3, 0.4) is 0 Å². The highest BCUT2D eigenvalue weighted by atomic mass is 16.4. The van der Waals surface area contributed by atoms with Crippen molar-refractivity contribution in [3.63, 3.8) is 0 Å². The van der Waals surface area contributed by atoms with Gasteiger partial charge in [0.25, 0.3) is 0 Å². The molecule has 0 amide bonds. The van der Waals surface area contributed by atoms with Crippen molar-refractivity contribution < 1.29 is 9.90 Å². The maximum atomic E-state index is 11.4. The molecule has 1 saturated heterocycles. The summed E-state index contributed by atoms with van der Waals surface area (Å²) >= 11 is 0. The minimum Gasteiger partial charge on any atom is -0.481 e. The molecule has 0 spiro atoms. The van der Waals surface area contributed by atoms with Crippen molar-refractivity contribution in [3.05, 3.63) is 35.5 Å². The van der Waals surface area contributed by atoms with Gasteiger partial charge >= 0.3 is 5.97 Å². The van der Waals surface area contributed by atoms with E-state index < -0.39 is 5.97 Å². The van der Waals surface area contributed by atoms with Gasteiger partial charge in [-0.3, -0.25) is 4.79 Å². The second kappa shape index (κ2) is 3.59. The van der Waals surface area contributed by atoms with Gasteiger partial charge in [0.1, 0.15) is 0 Å². The lowest BCUT2D eigenvalue weighted by atomic mass is 9.68. The molecule has 16 heavy (non-hydrogen) atoms. The van der Waals surface area contributed by atoms with E-state index in [1.54, 1.807) is 0 Å². The fourth-order valence-corrected chi connectivity index (χ4v) is 3.16. The van der Waals surface area contributed by atoms with E-state index in [2.05, 4.69) is 23.5 Å². The minimum absolute atomic E-state index is 0.177. The Balaban J connectivity index is 2.05. The van der Waals surface area contributed by atoms with Gasteiger partial charge in [-0.1, -0.05) is 29.9 Å². The standard InChI is InChI=1S/C13H15NO2/c15-13(16)12-10-4-2-1-3-8(10)5-9-6-14-7-11(9)12/h1-3,5,10-12,14H,4,6-7H2,(H,15,16). The summed E-state index contributed by atoms with van der Waals surface area (Å²) in [5.41, 5.74) is 2.47. The molecule has 0 saturated carbocycles. The molecular formula is C13H15NO2. The summed E-state index contributed by atoms with van der Waals surface area (Å²) in [5, 5.41) is 12.7. The molecule has 3 rings (SSSR count). The van der Waals surface area contributed by atoms with Crippen LogP contribution in [0.1, 0.15) is 6.42 Å². The van der Waals surface area contributed by atoms with Crippen LogP contribution in [0.5, 0.6) is 0 Å². The molecule has 3 nitrogen and oxygen atoms in total. The summed E-state index contributed by atoms with van der Waals surface area (Å²) in [6, 6.07) is 0. The molecule has 3 atom stereocenters. The fourth-order valence-electron chi connectivity index (χ4n) is 3.16. The van der Waals surface area contributed by atoms with Crippen LogP contribution in [0.25, 0.3) is 0 Å². The van der Waals surface area contributed by atoms with Crippen molar-refractivity contribution in [2.45, 2.75) is 6.42 Å². The van der Waals surface area contributed by atoms with Gasteiger partial charge in [-0.05, 0) is 12.0 Å². The molecule has 3 unspecified atom stereocenters. The van der Waals surface area contributed by atoms with Gasteiger partial charge in [0.05, 0.1) is 5.92 Å². The lowest BCUT2D eigenvalue weighted by molar-refractivity contribution is -0.144. The smallest absolute Gasteiger partial charge is 0.307 e. The van der Waals surface area contributed by atoms with Crippen molar-refractivity contribution in [2.75, 3.05) is 13.1 Å². The lowest BCUT2D eigenvalue weighted by Crippen LogP contribution is -2.36. The quantitative estimate of drug-likeness (QED) is 0.697. The van der Waals surface area contributed by atoms with E-state index in [1.165, 1.54) is 11.1 Å². The summed E-state index contributed by atoms with van der Waals surface area (Å²) in [4.78, 5) is 11.4. The van der Waals surface area contributed by atoms with Crippen molar-refractivity contribution in [3.8, 4) is 0 Å². The molecule has 0 aromatic carbocycles. The van der Waals surface area contributed by atoms with Crippen LogP contribution in [-0.2, 0) is 4.79 Å². The van der Waals surface area contributed by atoms with Crippen molar-refractivity contribution in [1.82, 2.24) is 5.32 Å². The van der Waals surface area contributed by atoms with E-state index in [0.717, 1.165) is 19.5 Å². The van der Waals surface area contributed by atoms with E-state index in [0.29, 0.717) is 0 Å². The second-order valence-corrected chi connectivity index (χ2v) is 4.76. The number of rotatable bonds is 1. The van der Waals surface area contributed by atoms with Gasteiger partial charge in [0, 0.05) is 24.9 Å². The van der Waals surface area contributed by atoms with Crippen LogP contribution in [0.2, 0.25) is 0 Å². The molecule has 0 aromatic rings. The zero-order chi connectivity index (χ0) is 11.1. The topological polar surface area (TPSA) is 49.3 Å². The van der Waals surface area contributed by atoms with E-state index in [-0.39, 0.29) is 17.8 Å². The Kier molecular flexibility index (Phi) is 2.21. The average Bonchev–Trinajstić information content (AvgIpc) is 2.72. The highest BCUT2D eigenvalue weighted by Crippen LogP contribution is 2.42. The van der Waals surface area contributed by atoms with Crippen LogP contribution in [-0.4, -0.2) is 24.2 Å². The fraction of sp³-hybridized carbons (Fsp3) is 0.462. The summed E-state index contributed by atoms with van der Waals surface area (Å²) in [6.45, 7) is 1.67. The van der Waals surface area contributed by atoms with Crippen LogP contribution < -0.4 is 5.32 Å². The molecule has 84 valence electrons. The predicted molar refractivity (Wildman–Crippen MR) is 60.9 cm³/mol. The third-order valence-corrected chi connectivity index (χ3v) is 3.92.